The molecule has 2 aromatic carbocycles. The van der Waals surface area contributed by atoms with Crippen molar-refractivity contribution in [1.82, 2.24) is 5.32 Å². The van der Waals surface area contributed by atoms with Crippen molar-refractivity contribution in [2.45, 2.75) is 27.3 Å². The van der Waals surface area contributed by atoms with Gasteiger partial charge in [0.05, 0.1) is 0 Å². The SMILES string of the molecule is CCNCc1ccc(N(CC)c2ccccc2C)cc1Cl. The molecule has 0 aromatic heterocycles. The second-order valence-electron chi connectivity index (χ2n) is 5.09. The minimum atomic E-state index is 0.812. The van der Waals surface area contributed by atoms with Gasteiger partial charge in [0, 0.05) is 29.5 Å². The van der Waals surface area contributed by atoms with Gasteiger partial charge in [0.25, 0.3) is 0 Å². The van der Waals surface area contributed by atoms with Gasteiger partial charge in [-0.05, 0) is 49.7 Å². The Morgan fingerprint density at radius 3 is 2.48 bits per heavy atom. The smallest absolute Gasteiger partial charge is 0.0471 e. The topological polar surface area (TPSA) is 15.3 Å². The van der Waals surface area contributed by atoms with Crippen LogP contribution in [0, 0.1) is 6.92 Å². The maximum atomic E-state index is 6.43. The number of rotatable bonds is 6. The molecule has 1 N–H and O–H groups in total. The number of benzene rings is 2. The number of aryl methyl sites for hydroxylation is 1. The summed E-state index contributed by atoms with van der Waals surface area (Å²) in [5, 5.41) is 4.13. The summed E-state index contributed by atoms with van der Waals surface area (Å²) in [6.07, 6.45) is 0. The first-order chi connectivity index (χ1) is 10.2. The normalized spacial score (nSPS) is 10.7. The van der Waals surface area contributed by atoms with Crippen LogP contribution in [-0.4, -0.2) is 13.1 Å². The van der Waals surface area contributed by atoms with Gasteiger partial charge in [0.1, 0.15) is 0 Å². The van der Waals surface area contributed by atoms with E-state index in [1.54, 1.807) is 0 Å². The van der Waals surface area contributed by atoms with Gasteiger partial charge in [-0.3, -0.25) is 0 Å². The van der Waals surface area contributed by atoms with E-state index in [-0.39, 0.29) is 0 Å². The van der Waals surface area contributed by atoms with Gasteiger partial charge >= 0.3 is 0 Å². The summed E-state index contributed by atoms with van der Waals surface area (Å²) in [5.74, 6) is 0. The van der Waals surface area contributed by atoms with Crippen LogP contribution in [0.25, 0.3) is 0 Å². The van der Waals surface area contributed by atoms with E-state index >= 15 is 0 Å². The van der Waals surface area contributed by atoms with E-state index < -0.39 is 0 Å². The van der Waals surface area contributed by atoms with Crippen LogP contribution in [0.2, 0.25) is 5.02 Å². The molecule has 0 unspecified atom stereocenters. The lowest BCUT2D eigenvalue weighted by Gasteiger charge is -2.25. The summed E-state index contributed by atoms with van der Waals surface area (Å²) in [5.41, 5.74) is 4.78. The van der Waals surface area contributed by atoms with Gasteiger partial charge in [0.2, 0.25) is 0 Å². The standard InChI is InChI=1S/C18H23ClN2/c1-4-20-13-15-10-11-16(12-17(15)19)21(5-2)18-9-7-6-8-14(18)3/h6-12,20H,4-5,13H2,1-3H3. The third-order valence-corrected chi connectivity index (χ3v) is 3.99. The second-order valence-corrected chi connectivity index (χ2v) is 5.49. The predicted molar refractivity (Wildman–Crippen MR) is 92.7 cm³/mol. The molecule has 0 radical (unpaired) electrons. The fraction of sp³-hybridized carbons (Fsp3) is 0.333. The van der Waals surface area contributed by atoms with E-state index in [4.69, 9.17) is 11.6 Å². The van der Waals surface area contributed by atoms with Gasteiger partial charge in [-0.1, -0.05) is 42.8 Å². The number of hydrogen-bond donors (Lipinski definition) is 1. The first-order valence-corrected chi connectivity index (χ1v) is 7.87. The van der Waals surface area contributed by atoms with Crippen LogP contribution in [0.1, 0.15) is 25.0 Å². The Labute approximate surface area is 132 Å². The molecular weight excluding hydrogens is 280 g/mol. The zero-order valence-corrected chi connectivity index (χ0v) is 13.7. The van der Waals surface area contributed by atoms with E-state index in [1.807, 2.05) is 0 Å². The molecule has 21 heavy (non-hydrogen) atoms. The molecule has 0 saturated carbocycles. The Hall–Kier alpha value is -1.51. The van der Waals surface area contributed by atoms with E-state index in [0.717, 1.165) is 35.9 Å². The molecule has 0 amide bonds. The molecule has 112 valence electrons. The fourth-order valence-electron chi connectivity index (χ4n) is 2.47. The average molecular weight is 303 g/mol. The van der Waals surface area contributed by atoms with Crippen molar-refractivity contribution >= 4 is 23.0 Å². The predicted octanol–water partition coefficient (Wildman–Crippen LogP) is 4.92. The molecule has 0 aliphatic carbocycles. The molecule has 0 aliphatic rings. The number of para-hydroxylation sites is 1. The highest BCUT2D eigenvalue weighted by molar-refractivity contribution is 6.31. The highest BCUT2D eigenvalue weighted by Crippen LogP contribution is 2.31. The number of nitrogens with one attached hydrogen (secondary N) is 1. The number of anilines is 2. The van der Waals surface area contributed by atoms with E-state index in [1.165, 1.54) is 11.3 Å². The summed E-state index contributed by atoms with van der Waals surface area (Å²) in [6, 6.07) is 14.8. The van der Waals surface area contributed by atoms with Crippen LogP contribution in [0.3, 0.4) is 0 Å². The van der Waals surface area contributed by atoms with Crippen LogP contribution in [0.5, 0.6) is 0 Å². The molecule has 0 spiro atoms. The van der Waals surface area contributed by atoms with Crippen LogP contribution in [0.4, 0.5) is 11.4 Å². The quantitative estimate of drug-likeness (QED) is 0.815. The maximum Gasteiger partial charge on any atom is 0.0471 e. The van der Waals surface area contributed by atoms with E-state index in [2.05, 4.69) is 73.5 Å². The van der Waals surface area contributed by atoms with Crippen molar-refractivity contribution in [3.05, 3.63) is 58.6 Å². The number of halogens is 1. The molecule has 0 saturated heterocycles. The van der Waals surface area contributed by atoms with Gasteiger partial charge < -0.3 is 10.2 Å². The highest BCUT2D eigenvalue weighted by atomic mass is 35.5. The van der Waals surface area contributed by atoms with Crippen LogP contribution in [-0.2, 0) is 6.54 Å². The molecule has 3 heteroatoms. The number of hydrogen-bond acceptors (Lipinski definition) is 2. The Bertz CT molecular complexity index is 596. The fourth-order valence-corrected chi connectivity index (χ4v) is 2.71. The van der Waals surface area contributed by atoms with Gasteiger partial charge in [-0.2, -0.15) is 0 Å². The Balaban J connectivity index is 2.31. The summed E-state index contributed by atoms with van der Waals surface area (Å²) >= 11 is 6.43. The highest BCUT2D eigenvalue weighted by Gasteiger charge is 2.11. The molecule has 0 bridgehead atoms. The zero-order chi connectivity index (χ0) is 15.2. The lowest BCUT2D eigenvalue weighted by molar-refractivity contribution is 0.727. The van der Waals surface area contributed by atoms with Gasteiger partial charge in [-0.25, -0.2) is 0 Å². The molecule has 2 nitrogen and oxygen atoms in total. The lowest BCUT2D eigenvalue weighted by atomic mass is 10.1. The monoisotopic (exact) mass is 302 g/mol. The lowest BCUT2D eigenvalue weighted by Crippen LogP contribution is -2.17. The molecule has 0 heterocycles. The number of nitrogens with zero attached hydrogens (tertiary/aromatic N) is 1. The third-order valence-electron chi connectivity index (χ3n) is 3.64. The summed E-state index contributed by atoms with van der Waals surface area (Å²) in [4.78, 5) is 2.29. The third kappa shape index (κ3) is 3.78. The van der Waals surface area contributed by atoms with Crippen LogP contribution < -0.4 is 10.2 Å². The molecular formula is C18H23ClN2. The maximum absolute atomic E-state index is 6.43. The van der Waals surface area contributed by atoms with Crippen molar-refractivity contribution < 1.29 is 0 Å². The minimum absolute atomic E-state index is 0.812. The van der Waals surface area contributed by atoms with Crippen molar-refractivity contribution in [1.29, 1.82) is 0 Å². The molecule has 0 atom stereocenters. The Morgan fingerprint density at radius 2 is 1.86 bits per heavy atom. The Morgan fingerprint density at radius 1 is 1.10 bits per heavy atom. The van der Waals surface area contributed by atoms with Crippen molar-refractivity contribution in [3.63, 3.8) is 0 Å². The first kappa shape index (κ1) is 15.9. The largest absolute Gasteiger partial charge is 0.342 e. The zero-order valence-electron chi connectivity index (χ0n) is 13.0. The molecule has 0 aliphatic heterocycles. The van der Waals surface area contributed by atoms with Gasteiger partial charge in [0.15, 0.2) is 0 Å². The summed E-state index contributed by atoms with van der Waals surface area (Å²) in [6.45, 7) is 9.06. The summed E-state index contributed by atoms with van der Waals surface area (Å²) < 4.78 is 0. The molecule has 2 aromatic rings. The van der Waals surface area contributed by atoms with E-state index in [0.29, 0.717) is 0 Å². The van der Waals surface area contributed by atoms with Crippen LogP contribution >= 0.6 is 11.6 Å². The van der Waals surface area contributed by atoms with Crippen molar-refractivity contribution in [3.8, 4) is 0 Å². The second kappa shape index (κ2) is 7.48. The average Bonchev–Trinajstić information content (AvgIpc) is 2.49. The molecule has 0 fully saturated rings. The minimum Gasteiger partial charge on any atom is -0.342 e. The van der Waals surface area contributed by atoms with Crippen molar-refractivity contribution in [2.75, 3.05) is 18.0 Å². The van der Waals surface area contributed by atoms with E-state index in [9.17, 15) is 0 Å². The van der Waals surface area contributed by atoms with Crippen LogP contribution in [0.15, 0.2) is 42.5 Å². The first-order valence-electron chi connectivity index (χ1n) is 7.49. The van der Waals surface area contributed by atoms with Gasteiger partial charge in [-0.15, -0.1) is 0 Å². The molecule has 2 rings (SSSR count). The Kier molecular flexibility index (Phi) is 5.66. The van der Waals surface area contributed by atoms with Crippen molar-refractivity contribution in [2.24, 2.45) is 0 Å². The summed E-state index contributed by atoms with van der Waals surface area (Å²) in [7, 11) is 0.